The minimum absolute atomic E-state index is 0.0126. The third-order valence-corrected chi connectivity index (χ3v) is 10.3. The van der Waals surface area contributed by atoms with E-state index in [1.54, 1.807) is 42.9 Å². The fourth-order valence-corrected chi connectivity index (χ4v) is 6.78. The van der Waals surface area contributed by atoms with Crippen molar-refractivity contribution in [1.82, 2.24) is 9.55 Å². The fraction of sp³-hybridized carbons (Fsp3) is 0.652. The van der Waals surface area contributed by atoms with Gasteiger partial charge < -0.3 is 80.7 Å². The topological polar surface area (TPSA) is 228 Å². The second-order valence-corrected chi connectivity index (χ2v) is 14.9. The number of carbonyl (C=O) groups excluding carboxylic acids is 2. The lowest BCUT2D eigenvalue weighted by atomic mass is 9.86. The molecule has 0 spiro atoms. The first-order chi connectivity index (χ1) is 32.9. The Balaban J connectivity index is 0.765. The summed E-state index contributed by atoms with van der Waals surface area (Å²) in [5, 5.41) is 11.8. The Labute approximate surface area is 389 Å². The van der Waals surface area contributed by atoms with Gasteiger partial charge in [-0.1, -0.05) is 6.92 Å². The van der Waals surface area contributed by atoms with Crippen LogP contribution in [0.1, 0.15) is 30.0 Å². The third-order valence-electron chi connectivity index (χ3n) is 10.3. The average Bonchev–Trinajstić information content (AvgIpc) is 3.69. The second kappa shape index (κ2) is 31.0. The highest BCUT2D eigenvalue weighted by Crippen LogP contribution is 2.39. The van der Waals surface area contributed by atoms with Crippen molar-refractivity contribution in [1.29, 1.82) is 0 Å². The number of esters is 1. The van der Waals surface area contributed by atoms with Crippen molar-refractivity contribution in [2.24, 2.45) is 0 Å². The molecular weight excluding hydrogens is 885 g/mol. The molecule has 1 N–H and O–H groups in total. The molecule has 1 aromatic carbocycles. The maximum Gasteiger partial charge on any atom is 0.513 e. The van der Waals surface area contributed by atoms with E-state index < -0.39 is 17.7 Å². The van der Waals surface area contributed by atoms with E-state index in [1.165, 1.54) is 0 Å². The summed E-state index contributed by atoms with van der Waals surface area (Å²) < 4.78 is 82.2. The Kier molecular flexibility index (Phi) is 24.9. The first-order valence-electron chi connectivity index (χ1n) is 22.6. The van der Waals surface area contributed by atoms with Gasteiger partial charge in [-0.2, -0.15) is 0 Å². The van der Waals surface area contributed by atoms with Crippen LogP contribution in [0.5, 0.6) is 5.75 Å². The van der Waals surface area contributed by atoms with Crippen molar-refractivity contribution in [2.45, 2.75) is 32.1 Å². The average molecular weight is 951 g/mol. The van der Waals surface area contributed by atoms with Crippen LogP contribution in [-0.2, 0) is 89.9 Å². The molecular formula is C46H66N2O19. The molecule has 2 aliphatic heterocycles. The van der Waals surface area contributed by atoms with Crippen LogP contribution in [0.3, 0.4) is 0 Å². The van der Waals surface area contributed by atoms with E-state index in [4.69, 9.17) is 76.0 Å². The van der Waals surface area contributed by atoms with Gasteiger partial charge in [0.2, 0.25) is 0 Å². The molecule has 3 aromatic rings. The molecule has 0 unspecified atom stereocenters. The summed E-state index contributed by atoms with van der Waals surface area (Å²) in [6.07, 6.45) is -0.829. The minimum atomic E-state index is -1.90. The van der Waals surface area contributed by atoms with Gasteiger partial charge in [-0.3, -0.25) is 4.79 Å². The number of benzene rings is 1. The summed E-state index contributed by atoms with van der Waals surface area (Å²) in [4.78, 5) is 43.0. The molecule has 0 bridgehead atoms. The largest absolute Gasteiger partial charge is 0.513 e. The predicted octanol–water partition coefficient (Wildman–Crippen LogP) is 2.42. The highest BCUT2D eigenvalue weighted by Gasteiger charge is 2.45. The molecule has 0 saturated carbocycles. The Bertz CT molecular complexity index is 1980. The van der Waals surface area contributed by atoms with E-state index in [0.717, 1.165) is 5.56 Å². The molecule has 374 valence electrons. The third kappa shape index (κ3) is 18.0. The van der Waals surface area contributed by atoms with Gasteiger partial charge in [0.1, 0.15) is 19.0 Å². The van der Waals surface area contributed by atoms with Crippen LogP contribution in [0.25, 0.3) is 22.3 Å². The molecule has 21 heteroatoms. The minimum Gasteiger partial charge on any atom is -0.458 e. The molecule has 67 heavy (non-hydrogen) atoms. The summed E-state index contributed by atoms with van der Waals surface area (Å²) in [7, 11) is 1.64. The van der Waals surface area contributed by atoms with Crippen molar-refractivity contribution in [3.8, 4) is 17.1 Å². The van der Waals surface area contributed by atoms with Crippen molar-refractivity contribution < 1.29 is 85.7 Å². The molecule has 4 heterocycles. The number of hydrogen-bond donors (Lipinski definition) is 1. The van der Waals surface area contributed by atoms with Crippen LogP contribution in [0.2, 0.25) is 0 Å². The Morgan fingerprint density at radius 1 is 0.642 bits per heavy atom. The van der Waals surface area contributed by atoms with Gasteiger partial charge in [0.05, 0.1) is 181 Å². The van der Waals surface area contributed by atoms with E-state index in [9.17, 15) is 19.5 Å². The molecule has 2 aliphatic rings. The quantitative estimate of drug-likeness (QED) is 0.0387. The van der Waals surface area contributed by atoms with Crippen LogP contribution in [-0.4, -0.2) is 192 Å². The SMILES string of the molecule is CC[C@@]1(O)C(=O)OCc2c1cc1n(c2=O)Cc2cc3cc(OC(=O)OCCOCCOCCOCCOCCOCCOCCOCCOCCOCCOCCOCCOC)ccc3nc2-1. The number of carbonyl (C=O) groups is 2. The van der Waals surface area contributed by atoms with E-state index in [-0.39, 0.29) is 55.2 Å². The number of pyridine rings is 2. The number of nitrogens with zero attached hydrogens (tertiary/aromatic N) is 2. The van der Waals surface area contributed by atoms with Crippen molar-refractivity contribution >= 4 is 23.0 Å². The van der Waals surface area contributed by atoms with Gasteiger partial charge in [0, 0.05) is 23.6 Å². The number of hydrogen-bond acceptors (Lipinski definition) is 20. The predicted molar refractivity (Wildman–Crippen MR) is 237 cm³/mol. The Morgan fingerprint density at radius 3 is 1.54 bits per heavy atom. The molecule has 0 fully saturated rings. The first-order valence-corrected chi connectivity index (χ1v) is 22.6. The van der Waals surface area contributed by atoms with Crippen LogP contribution < -0.4 is 10.3 Å². The Hall–Kier alpha value is -4.20. The van der Waals surface area contributed by atoms with Crippen LogP contribution in [0, 0.1) is 0 Å². The summed E-state index contributed by atoms with van der Waals surface area (Å²) in [5.74, 6) is -0.519. The van der Waals surface area contributed by atoms with Crippen molar-refractivity contribution in [3.05, 3.63) is 57.4 Å². The number of ether oxygens (including phenoxy) is 15. The smallest absolute Gasteiger partial charge is 0.458 e. The Morgan fingerprint density at radius 2 is 1.09 bits per heavy atom. The van der Waals surface area contributed by atoms with E-state index in [1.807, 2.05) is 6.07 Å². The zero-order valence-electron chi connectivity index (χ0n) is 38.7. The van der Waals surface area contributed by atoms with E-state index >= 15 is 0 Å². The lowest BCUT2D eigenvalue weighted by molar-refractivity contribution is -0.172. The number of aromatic nitrogens is 2. The van der Waals surface area contributed by atoms with Crippen LogP contribution in [0.4, 0.5) is 4.79 Å². The molecule has 21 nitrogen and oxygen atoms in total. The van der Waals surface area contributed by atoms with Crippen LogP contribution >= 0.6 is 0 Å². The highest BCUT2D eigenvalue weighted by atomic mass is 16.7. The van der Waals surface area contributed by atoms with Crippen LogP contribution in [0.15, 0.2) is 35.1 Å². The number of aliphatic hydroxyl groups is 1. The van der Waals surface area contributed by atoms with Crippen molar-refractivity contribution in [2.75, 3.05) is 166 Å². The number of methoxy groups -OCH3 is 1. The van der Waals surface area contributed by atoms with Crippen molar-refractivity contribution in [3.63, 3.8) is 0 Å². The molecule has 5 rings (SSSR count). The summed E-state index contributed by atoms with van der Waals surface area (Å²) >= 11 is 0. The zero-order chi connectivity index (χ0) is 47.4. The summed E-state index contributed by atoms with van der Waals surface area (Å²) in [5.41, 5.74) is 0.708. The summed E-state index contributed by atoms with van der Waals surface area (Å²) in [6.45, 7) is 12.2. The van der Waals surface area contributed by atoms with Gasteiger partial charge >= 0.3 is 12.1 Å². The number of cyclic esters (lactones) is 1. The molecule has 0 aliphatic carbocycles. The van der Waals surface area contributed by atoms with E-state index in [2.05, 4.69) is 0 Å². The monoisotopic (exact) mass is 950 g/mol. The number of rotatable bonds is 38. The van der Waals surface area contributed by atoms with Gasteiger partial charge in [0.15, 0.2) is 5.60 Å². The lowest BCUT2D eigenvalue weighted by Crippen LogP contribution is -2.44. The second-order valence-electron chi connectivity index (χ2n) is 14.9. The van der Waals surface area contributed by atoms with Gasteiger partial charge in [-0.15, -0.1) is 0 Å². The summed E-state index contributed by atoms with van der Waals surface area (Å²) in [6, 6.07) is 8.47. The zero-order valence-corrected chi connectivity index (χ0v) is 38.7. The van der Waals surface area contributed by atoms with E-state index in [0.29, 0.717) is 168 Å². The standard InChI is InChI=1S/C46H66N2O19/c1-3-46(52)39-32-41-42-36(33-48(41)43(49)38(39)34-66-44(46)50)30-35-31-37(4-5-40(35)47-42)67-45(51)65-29-28-64-27-26-63-25-24-62-23-22-61-21-20-60-19-18-59-17-16-58-15-14-57-13-12-56-11-10-55-9-8-54-7-6-53-2/h4-5,30-32,52H,3,6-29,33-34H2,1-2H3/t46-/m0/s1. The van der Waals surface area contributed by atoms with Gasteiger partial charge in [-0.05, 0) is 36.8 Å². The normalized spacial score (nSPS) is 15.1. The first kappa shape index (κ1) is 53.8. The molecule has 2 aromatic heterocycles. The van der Waals surface area contributed by atoms with Gasteiger partial charge in [0.25, 0.3) is 5.56 Å². The lowest BCUT2D eigenvalue weighted by Gasteiger charge is -2.31. The maximum absolute atomic E-state index is 13.4. The molecule has 0 saturated heterocycles. The molecule has 0 amide bonds. The molecule has 0 radical (unpaired) electrons. The number of fused-ring (bicyclic) bond motifs is 5. The highest BCUT2D eigenvalue weighted by molar-refractivity contribution is 5.87. The fourth-order valence-electron chi connectivity index (χ4n) is 6.78. The maximum atomic E-state index is 13.4. The molecule has 1 atom stereocenters. The van der Waals surface area contributed by atoms with Gasteiger partial charge in [-0.25, -0.2) is 14.6 Å².